The van der Waals surface area contributed by atoms with Gasteiger partial charge in [0.1, 0.15) is 12.1 Å². The molecule has 0 fully saturated rings. The zero-order chi connectivity index (χ0) is 16.4. The fourth-order valence-corrected chi connectivity index (χ4v) is 2.15. The predicted octanol–water partition coefficient (Wildman–Crippen LogP) is 1.08. The summed E-state index contributed by atoms with van der Waals surface area (Å²) in [5.74, 6) is -0.849. The number of rotatable bonds is 9. The van der Waals surface area contributed by atoms with E-state index in [0.717, 1.165) is 0 Å². The van der Waals surface area contributed by atoms with Gasteiger partial charge in [0, 0.05) is 0 Å². The van der Waals surface area contributed by atoms with Gasteiger partial charge in [0.25, 0.3) is 0 Å². The number of ether oxygens (including phenoxy) is 1. The van der Waals surface area contributed by atoms with Crippen molar-refractivity contribution >= 4 is 29.7 Å². The van der Waals surface area contributed by atoms with Gasteiger partial charge in [-0.15, -0.1) is 0 Å². The van der Waals surface area contributed by atoms with Gasteiger partial charge in [-0.2, -0.15) is 11.8 Å². The normalized spacial score (nSPS) is 13.4. The van der Waals surface area contributed by atoms with Gasteiger partial charge in [0.15, 0.2) is 0 Å². The molecule has 0 saturated carbocycles. The zero-order valence-electron chi connectivity index (χ0n) is 12.8. The molecule has 0 spiro atoms. The molecule has 0 aromatic heterocycles. The van der Waals surface area contributed by atoms with Crippen molar-refractivity contribution in [2.45, 2.75) is 38.8 Å². The molecule has 0 bridgehead atoms. The van der Waals surface area contributed by atoms with Crippen molar-refractivity contribution in [1.82, 2.24) is 10.6 Å². The van der Waals surface area contributed by atoms with E-state index in [0.29, 0.717) is 18.6 Å². The molecule has 0 saturated heterocycles. The molecule has 2 amide bonds. The summed E-state index contributed by atoms with van der Waals surface area (Å²) in [6, 6.07) is -2.45. The van der Waals surface area contributed by atoms with Crippen molar-refractivity contribution in [3.63, 3.8) is 0 Å². The van der Waals surface area contributed by atoms with E-state index in [-0.39, 0.29) is 5.92 Å². The van der Waals surface area contributed by atoms with Gasteiger partial charge in [0.05, 0.1) is 7.11 Å². The number of thioether (sulfide) groups is 1. The highest BCUT2D eigenvalue weighted by molar-refractivity contribution is 7.98. The summed E-state index contributed by atoms with van der Waals surface area (Å²) in [7, 11) is 1.24. The average Bonchev–Trinajstić information content (AvgIpc) is 2.40. The third-order valence-electron chi connectivity index (χ3n) is 2.71. The zero-order valence-corrected chi connectivity index (χ0v) is 13.7. The summed E-state index contributed by atoms with van der Waals surface area (Å²) in [6.45, 7) is 3.82. The number of esters is 1. The summed E-state index contributed by atoms with van der Waals surface area (Å²) in [5.41, 5.74) is 0. The molecule has 3 N–H and O–H groups in total. The molecule has 8 heteroatoms. The molecule has 122 valence electrons. The van der Waals surface area contributed by atoms with Crippen molar-refractivity contribution in [3.8, 4) is 0 Å². The van der Waals surface area contributed by atoms with E-state index in [1.165, 1.54) is 18.9 Å². The Morgan fingerprint density at radius 3 is 2.19 bits per heavy atom. The second-order valence-electron chi connectivity index (χ2n) is 5.00. The van der Waals surface area contributed by atoms with E-state index >= 15 is 0 Å². The topological polar surface area (TPSA) is 105 Å². The second kappa shape index (κ2) is 10.3. The van der Waals surface area contributed by atoms with Gasteiger partial charge in [-0.1, -0.05) is 13.8 Å². The van der Waals surface area contributed by atoms with Gasteiger partial charge >= 0.3 is 18.0 Å². The van der Waals surface area contributed by atoms with Gasteiger partial charge in [0.2, 0.25) is 0 Å². The largest absolute Gasteiger partial charge is 0.480 e. The molecule has 21 heavy (non-hydrogen) atoms. The van der Waals surface area contributed by atoms with Crippen LogP contribution in [0.2, 0.25) is 0 Å². The Balaban J connectivity index is 4.58. The molecule has 0 aliphatic rings. The van der Waals surface area contributed by atoms with Crippen LogP contribution in [0, 0.1) is 5.92 Å². The van der Waals surface area contributed by atoms with Gasteiger partial charge in [-0.05, 0) is 30.8 Å². The van der Waals surface area contributed by atoms with Gasteiger partial charge < -0.3 is 20.5 Å². The third-order valence-corrected chi connectivity index (χ3v) is 3.36. The van der Waals surface area contributed by atoms with Gasteiger partial charge in [-0.25, -0.2) is 14.4 Å². The third kappa shape index (κ3) is 8.44. The molecule has 2 atom stereocenters. The fourth-order valence-electron chi connectivity index (χ4n) is 1.68. The molecule has 0 rings (SSSR count). The number of carboxylic acid groups (broad SMARTS) is 1. The first-order valence-electron chi connectivity index (χ1n) is 6.68. The fraction of sp³-hybridized carbons (Fsp3) is 0.769. The highest BCUT2D eigenvalue weighted by atomic mass is 32.2. The van der Waals surface area contributed by atoms with E-state index in [2.05, 4.69) is 15.4 Å². The Kier molecular flexibility index (Phi) is 9.60. The van der Waals surface area contributed by atoms with Crippen LogP contribution in [-0.4, -0.2) is 54.3 Å². The minimum absolute atomic E-state index is 0.182. The van der Waals surface area contributed by atoms with Crippen LogP contribution in [0.25, 0.3) is 0 Å². The standard InChI is InChI=1S/C13H24N2O5S/c1-8(2)7-10(12(18)20-3)15-13(19)14-9(11(16)17)5-6-21-4/h8-10H,5-7H2,1-4H3,(H,16,17)(H2,14,15,19)/t9-,10?/m0/s1. The van der Waals surface area contributed by atoms with Crippen molar-refractivity contribution < 1.29 is 24.2 Å². The first-order valence-corrected chi connectivity index (χ1v) is 8.07. The quantitative estimate of drug-likeness (QED) is 0.549. The van der Waals surface area contributed by atoms with Crippen LogP contribution in [0.5, 0.6) is 0 Å². The molecular weight excluding hydrogens is 296 g/mol. The molecule has 0 aromatic carbocycles. The Hall–Kier alpha value is -1.44. The highest BCUT2D eigenvalue weighted by Crippen LogP contribution is 2.06. The molecule has 1 unspecified atom stereocenters. The number of urea groups is 1. The SMILES string of the molecule is COC(=O)C(CC(C)C)NC(=O)N[C@@H](CCSC)C(=O)O. The van der Waals surface area contributed by atoms with E-state index in [9.17, 15) is 14.4 Å². The Labute approximate surface area is 129 Å². The lowest BCUT2D eigenvalue weighted by atomic mass is 10.0. The predicted molar refractivity (Wildman–Crippen MR) is 81.3 cm³/mol. The Morgan fingerprint density at radius 1 is 1.19 bits per heavy atom. The number of methoxy groups -OCH3 is 1. The molecule has 0 aliphatic carbocycles. The molecular formula is C13H24N2O5S. The van der Waals surface area contributed by atoms with E-state index in [1.807, 2.05) is 20.1 Å². The van der Waals surface area contributed by atoms with Crippen LogP contribution in [-0.2, 0) is 14.3 Å². The first kappa shape index (κ1) is 19.6. The molecule has 0 aliphatic heterocycles. The Morgan fingerprint density at radius 2 is 1.76 bits per heavy atom. The monoisotopic (exact) mass is 320 g/mol. The summed E-state index contributed by atoms with van der Waals surface area (Å²) in [4.78, 5) is 34.5. The maximum atomic E-state index is 11.8. The minimum Gasteiger partial charge on any atom is -0.480 e. The summed E-state index contributed by atoms with van der Waals surface area (Å²) >= 11 is 1.50. The van der Waals surface area contributed by atoms with Crippen molar-refractivity contribution in [1.29, 1.82) is 0 Å². The number of aliphatic carboxylic acids is 1. The van der Waals surface area contributed by atoms with Crippen LogP contribution in [0.1, 0.15) is 26.7 Å². The molecule has 0 heterocycles. The van der Waals surface area contributed by atoms with Crippen molar-refractivity contribution in [3.05, 3.63) is 0 Å². The van der Waals surface area contributed by atoms with Crippen LogP contribution in [0.4, 0.5) is 4.79 Å². The number of amides is 2. The lowest BCUT2D eigenvalue weighted by Crippen LogP contribution is -2.51. The number of hydrogen-bond acceptors (Lipinski definition) is 5. The smallest absolute Gasteiger partial charge is 0.328 e. The summed E-state index contributed by atoms with van der Waals surface area (Å²) in [5, 5.41) is 13.9. The van der Waals surface area contributed by atoms with E-state index in [4.69, 9.17) is 5.11 Å². The van der Waals surface area contributed by atoms with Crippen molar-refractivity contribution in [2.75, 3.05) is 19.1 Å². The second-order valence-corrected chi connectivity index (χ2v) is 5.98. The number of carboxylic acids is 1. The highest BCUT2D eigenvalue weighted by Gasteiger charge is 2.25. The molecule has 0 aromatic rings. The summed E-state index contributed by atoms with van der Waals surface area (Å²) < 4.78 is 4.63. The first-order chi connectivity index (χ1) is 9.81. The number of carbonyl (C=O) groups is 3. The van der Waals surface area contributed by atoms with Crippen LogP contribution < -0.4 is 10.6 Å². The number of nitrogens with one attached hydrogen (secondary N) is 2. The Bertz CT molecular complexity index is 362. The van der Waals surface area contributed by atoms with E-state index < -0.39 is 30.1 Å². The average molecular weight is 320 g/mol. The maximum absolute atomic E-state index is 11.8. The lowest BCUT2D eigenvalue weighted by Gasteiger charge is -2.20. The van der Waals surface area contributed by atoms with Crippen LogP contribution >= 0.6 is 11.8 Å². The number of hydrogen-bond donors (Lipinski definition) is 3. The van der Waals surface area contributed by atoms with Crippen LogP contribution in [0.3, 0.4) is 0 Å². The molecule has 7 nitrogen and oxygen atoms in total. The van der Waals surface area contributed by atoms with Crippen LogP contribution in [0.15, 0.2) is 0 Å². The summed E-state index contributed by atoms with van der Waals surface area (Å²) in [6.07, 6.45) is 2.59. The van der Waals surface area contributed by atoms with Crippen molar-refractivity contribution in [2.24, 2.45) is 5.92 Å². The molecule has 0 radical (unpaired) electrons. The van der Waals surface area contributed by atoms with Gasteiger partial charge in [-0.3, -0.25) is 0 Å². The maximum Gasteiger partial charge on any atom is 0.328 e. The van der Waals surface area contributed by atoms with E-state index in [1.54, 1.807) is 0 Å². The lowest BCUT2D eigenvalue weighted by molar-refractivity contribution is -0.143. The minimum atomic E-state index is -1.10. The number of carbonyl (C=O) groups excluding carboxylic acids is 2.